The van der Waals surface area contributed by atoms with E-state index in [0.29, 0.717) is 12.2 Å². The monoisotopic (exact) mass is 256 g/mol. The van der Waals surface area contributed by atoms with Crippen molar-refractivity contribution >= 4 is 15.9 Å². The minimum absolute atomic E-state index is 0.111. The van der Waals surface area contributed by atoms with Crippen LogP contribution in [0, 0.1) is 0 Å². The molecule has 0 radical (unpaired) electrons. The SMILES string of the molecule is CC(Br)Cc1ccc(C(F)(F)F)o1. The molecular weight excluding hydrogens is 249 g/mol. The highest BCUT2D eigenvalue weighted by Gasteiger charge is 2.34. The van der Waals surface area contributed by atoms with Crippen LogP contribution in [0.25, 0.3) is 0 Å². The van der Waals surface area contributed by atoms with E-state index in [1.54, 1.807) is 0 Å². The second-order valence-electron chi connectivity index (χ2n) is 2.75. The second-order valence-corrected chi connectivity index (χ2v) is 4.31. The molecule has 1 rings (SSSR count). The normalized spacial score (nSPS) is 14.5. The molecule has 1 aromatic rings. The molecule has 5 heteroatoms. The molecule has 0 aliphatic rings. The van der Waals surface area contributed by atoms with E-state index in [1.807, 2.05) is 6.92 Å². The van der Waals surface area contributed by atoms with Crippen LogP contribution in [0.4, 0.5) is 13.2 Å². The van der Waals surface area contributed by atoms with Crippen LogP contribution >= 0.6 is 15.9 Å². The minimum atomic E-state index is -4.38. The predicted octanol–water partition coefficient (Wildman–Crippen LogP) is 3.62. The first kappa shape index (κ1) is 10.6. The average Bonchev–Trinajstić information content (AvgIpc) is 2.32. The Balaban J connectivity index is 2.75. The van der Waals surface area contributed by atoms with Gasteiger partial charge >= 0.3 is 6.18 Å². The molecule has 0 saturated heterocycles. The van der Waals surface area contributed by atoms with Crippen molar-refractivity contribution < 1.29 is 17.6 Å². The maximum absolute atomic E-state index is 12.0. The van der Waals surface area contributed by atoms with Crippen LogP contribution in [0.15, 0.2) is 16.5 Å². The largest absolute Gasteiger partial charge is 0.456 e. The van der Waals surface area contributed by atoms with Gasteiger partial charge in [0.05, 0.1) is 0 Å². The summed E-state index contributed by atoms with van der Waals surface area (Å²) < 4.78 is 40.7. The fourth-order valence-electron chi connectivity index (χ4n) is 0.917. The van der Waals surface area contributed by atoms with Gasteiger partial charge in [-0.15, -0.1) is 0 Å². The highest BCUT2D eigenvalue weighted by Crippen LogP contribution is 2.31. The zero-order valence-electron chi connectivity index (χ0n) is 6.86. The molecule has 1 nitrogen and oxygen atoms in total. The highest BCUT2D eigenvalue weighted by molar-refractivity contribution is 9.09. The van der Waals surface area contributed by atoms with Gasteiger partial charge in [-0.3, -0.25) is 0 Å². The van der Waals surface area contributed by atoms with Gasteiger partial charge in [0.25, 0.3) is 0 Å². The van der Waals surface area contributed by atoms with Crippen LogP contribution in [-0.4, -0.2) is 4.83 Å². The van der Waals surface area contributed by atoms with E-state index in [2.05, 4.69) is 20.3 Å². The van der Waals surface area contributed by atoms with Gasteiger partial charge in [-0.25, -0.2) is 0 Å². The van der Waals surface area contributed by atoms with Gasteiger partial charge in [0.15, 0.2) is 0 Å². The number of rotatable bonds is 2. The Morgan fingerprint density at radius 3 is 2.46 bits per heavy atom. The van der Waals surface area contributed by atoms with E-state index in [0.717, 1.165) is 6.07 Å². The number of hydrogen-bond donors (Lipinski definition) is 0. The van der Waals surface area contributed by atoms with E-state index < -0.39 is 11.9 Å². The summed E-state index contributed by atoms with van der Waals surface area (Å²) in [6.07, 6.45) is -3.93. The lowest BCUT2D eigenvalue weighted by Crippen LogP contribution is -2.02. The van der Waals surface area contributed by atoms with Gasteiger partial charge in [-0.1, -0.05) is 22.9 Å². The standard InChI is InChI=1S/C8H8BrF3O/c1-5(9)4-6-2-3-7(13-6)8(10,11)12/h2-3,5H,4H2,1H3. The zero-order chi connectivity index (χ0) is 10.1. The van der Waals surface area contributed by atoms with Crippen molar-refractivity contribution in [2.24, 2.45) is 0 Å². The van der Waals surface area contributed by atoms with E-state index in [1.165, 1.54) is 6.07 Å². The summed E-state index contributed by atoms with van der Waals surface area (Å²) in [6, 6.07) is 2.30. The molecule has 13 heavy (non-hydrogen) atoms. The lowest BCUT2D eigenvalue weighted by molar-refractivity contribution is -0.153. The molecule has 0 saturated carbocycles. The molecule has 0 aliphatic heterocycles. The van der Waals surface area contributed by atoms with Crippen LogP contribution in [0.2, 0.25) is 0 Å². The first-order valence-electron chi connectivity index (χ1n) is 3.69. The lowest BCUT2D eigenvalue weighted by Gasteiger charge is -2.01. The smallest absolute Gasteiger partial charge is 0.449 e. The fourth-order valence-corrected chi connectivity index (χ4v) is 1.24. The third kappa shape index (κ3) is 3.06. The molecule has 74 valence electrons. The Bertz CT molecular complexity index is 277. The Morgan fingerprint density at radius 2 is 2.08 bits per heavy atom. The number of hydrogen-bond acceptors (Lipinski definition) is 1. The van der Waals surface area contributed by atoms with Gasteiger partial charge in [-0.2, -0.15) is 13.2 Å². The molecular formula is C8H8BrF3O. The molecule has 1 atom stereocenters. The van der Waals surface area contributed by atoms with E-state index >= 15 is 0 Å². The topological polar surface area (TPSA) is 13.1 Å². The zero-order valence-corrected chi connectivity index (χ0v) is 8.45. The van der Waals surface area contributed by atoms with Crippen molar-refractivity contribution in [2.45, 2.75) is 24.3 Å². The Hall–Kier alpha value is -0.450. The van der Waals surface area contributed by atoms with Crippen LogP contribution in [-0.2, 0) is 12.6 Å². The lowest BCUT2D eigenvalue weighted by atomic mass is 10.3. The first-order valence-corrected chi connectivity index (χ1v) is 4.61. The van der Waals surface area contributed by atoms with Gasteiger partial charge < -0.3 is 4.42 Å². The summed E-state index contributed by atoms with van der Waals surface area (Å²) in [7, 11) is 0. The van der Waals surface area contributed by atoms with Gasteiger partial charge in [0.1, 0.15) is 5.76 Å². The Labute approximate surface area is 82.0 Å². The molecule has 1 aromatic heterocycles. The summed E-state index contributed by atoms with van der Waals surface area (Å²) in [5.41, 5.74) is 0. The number of furan rings is 1. The molecule has 0 spiro atoms. The van der Waals surface area contributed by atoms with Crippen molar-refractivity contribution in [3.05, 3.63) is 23.7 Å². The highest BCUT2D eigenvalue weighted by atomic mass is 79.9. The van der Waals surface area contributed by atoms with Crippen LogP contribution < -0.4 is 0 Å². The van der Waals surface area contributed by atoms with Crippen LogP contribution in [0.3, 0.4) is 0 Å². The molecule has 1 unspecified atom stereocenters. The average molecular weight is 257 g/mol. The van der Waals surface area contributed by atoms with Crippen molar-refractivity contribution in [1.29, 1.82) is 0 Å². The van der Waals surface area contributed by atoms with Gasteiger partial charge in [-0.05, 0) is 12.1 Å². The molecule has 0 amide bonds. The molecule has 0 fully saturated rings. The summed E-state index contributed by atoms with van der Waals surface area (Å²) >= 11 is 3.23. The summed E-state index contributed by atoms with van der Waals surface area (Å²) in [4.78, 5) is 0.111. The third-order valence-corrected chi connectivity index (χ3v) is 1.75. The summed E-state index contributed by atoms with van der Waals surface area (Å²) in [5, 5.41) is 0. The van der Waals surface area contributed by atoms with Gasteiger partial charge in [0.2, 0.25) is 5.76 Å². The van der Waals surface area contributed by atoms with Crippen molar-refractivity contribution in [2.75, 3.05) is 0 Å². The summed E-state index contributed by atoms with van der Waals surface area (Å²) in [5.74, 6) is -0.590. The molecule has 1 heterocycles. The second kappa shape index (κ2) is 3.74. The molecule has 0 aliphatic carbocycles. The third-order valence-electron chi connectivity index (χ3n) is 1.42. The van der Waals surface area contributed by atoms with E-state index in [9.17, 15) is 13.2 Å². The van der Waals surface area contributed by atoms with Gasteiger partial charge in [0, 0.05) is 11.2 Å². The van der Waals surface area contributed by atoms with Crippen molar-refractivity contribution in [1.82, 2.24) is 0 Å². The molecule has 0 bridgehead atoms. The Kier molecular flexibility index (Phi) is 3.05. The Morgan fingerprint density at radius 1 is 1.46 bits per heavy atom. The van der Waals surface area contributed by atoms with E-state index in [4.69, 9.17) is 0 Å². The molecule has 0 N–H and O–H groups in total. The number of alkyl halides is 4. The quantitative estimate of drug-likeness (QED) is 0.737. The van der Waals surface area contributed by atoms with Crippen LogP contribution in [0.1, 0.15) is 18.4 Å². The van der Waals surface area contributed by atoms with E-state index in [-0.39, 0.29) is 4.83 Å². The maximum Gasteiger partial charge on any atom is 0.449 e. The first-order chi connectivity index (χ1) is 5.89. The van der Waals surface area contributed by atoms with Crippen molar-refractivity contribution in [3.63, 3.8) is 0 Å². The predicted molar refractivity (Wildman–Crippen MR) is 45.8 cm³/mol. The number of halogens is 4. The minimum Gasteiger partial charge on any atom is -0.456 e. The summed E-state index contributed by atoms with van der Waals surface area (Å²) in [6.45, 7) is 1.84. The van der Waals surface area contributed by atoms with Crippen molar-refractivity contribution in [3.8, 4) is 0 Å². The van der Waals surface area contributed by atoms with Crippen LogP contribution in [0.5, 0.6) is 0 Å². The molecule has 0 aromatic carbocycles. The fraction of sp³-hybridized carbons (Fsp3) is 0.500. The maximum atomic E-state index is 12.0.